The minimum atomic E-state index is -3.50. The highest BCUT2D eigenvalue weighted by Gasteiger charge is 2.31. The zero-order valence-electron chi connectivity index (χ0n) is 17.8. The summed E-state index contributed by atoms with van der Waals surface area (Å²) < 4.78 is 28.2. The van der Waals surface area contributed by atoms with Crippen LogP contribution in [0.25, 0.3) is 11.3 Å². The predicted octanol–water partition coefficient (Wildman–Crippen LogP) is 4.55. The first-order valence-corrected chi connectivity index (χ1v) is 12.4. The maximum absolute atomic E-state index is 13.3. The van der Waals surface area contributed by atoms with Crippen LogP contribution >= 0.6 is 11.3 Å². The largest absolute Gasteiger partial charge is 0.345 e. The monoisotopic (exact) mass is 441 g/mol. The van der Waals surface area contributed by atoms with Gasteiger partial charge in [0.1, 0.15) is 0 Å². The van der Waals surface area contributed by atoms with Crippen molar-refractivity contribution in [3.63, 3.8) is 0 Å². The number of sulfonamides is 1. The number of hydrogen-bond acceptors (Lipinski definition) is 5. The van der Waals surface area contributed by atoms with Crippen molar-refractivity contribution in [2.24, 2.45) is 0 Å². The van der Waals surface area contributed by atoms with E-state index in [4.69, 9.17) is 4.98 Å². The van der Waals surface area contributed by atoms with Crippen LogP contribution in [0, 0.1) is 27.7 Å². The highest BCUT2D eigenvalue weighted by Crippen LogP contribution is 2.31. The van der Waals surface area contributed by atoms with E-state index in [0.717, 1.165) is 33.1 Å². The van der Waals surface area contributed by atoms with Gasteiger partial charge in [0.05, 0.1) is 10.6 Å². The molecule has 158 valence electrons. The normalized spacial score (nSPS) is 15.5. The quantitative estimate of drug-likeness (QED) is 0.596. The van der Waals surface area contributed by atoms with Crippen molar-refractivity contribution < 1.29 is 8.42 Å². The molecule has 2 aromatic carbocycles. The molecule has 0 unspecified atom stereocenters. The third kappa shape index (κ3) is 3.89. The average Bonchev–Trinajstić information content (AvgIpc) is 3.17. The Hall–Kier alpha value is -2.22. The number of aromatic nitrogens is 1. The Bertz CT molecular complexity index is 1150. The Morgan fingerprint density at radius 1 is 0.900 bits per heavy atom. The zero-order chi connectivity index (χ0) is 21.5. The Morgan fingerprint density at radius 3 is 2.17 bits per heavy atom. The molecule has 0 N–H and O–H groups in total. The molecule has 7 heteroatoms. The Kier molecular flexibility index (Phi) is 5.70. The minimum Gasteiger partial charge on any atom is -0.345 e. The van der Waals surface area contributed by atoms with E-state index in [-0.39, 0.29) is 0 Å². The first-order chi connectivity index (χ1) is 14.3. The summed E-state index contributed by atoms with van der Waals surface area (Å²) in [5.41, 5.74) is 6.05. The lowest BCUT2D eigenvalue weighted by molar-refractivity contribution is 0.384. The fraction of sp³-hybridized carbons (Fsp3) is 0.348. The minimum absolute atomic E-state index is 0.456. The summed E-state index contributed by atoms with van der Waals surface area (Å²) in [7, 11) is -3.50. The van der Waals surface area contributed by atoms with Gasteiger partial charge in [0, 0.05) is 37.1 Å². The summed E-state index contributed by atoms with van der Waals surface area (Å²) in [6.07, 6.45) is 0. The van der Waals surface area contributed by atoms with Crippen LogP contribution in [0.3, 0.4) is 0 Å². The maximum Gasteiger partial charge on any atom is 0.243 e. The van der Waals surface area contributed by atoms with Crippen LogP contribution in [-0.2, 0) is 10.0 Å². The van der Waals surface area contributed by atoms with Crippen molar-refractivity contribution in [2.45, 2.75) is 32.6 Å². The first-order valence-electron chi connectivity index (χ1n) is 10.1. The summed E-state index contributed by atoms with van der Waals surface area (Å²) in [5.74, 6) is 0. The maximum atomic E-state index is 13.3. The molecular weight excluding hydrogens is 414 g/mol. The number of thiazole rings is 1. The number of rotatable bonds is 4. The summed E-state index contributed by atoms with van der Waals surface area (Å²) in [4.78, 5) is 7.47. The molecule has 0 amide bonds. The van der Waals surface area contributed by atoms with E-state index in [0.29, 0.717) is 31.1 Å². The first kappa shape index (κ1) is 21.0. The van der Waals surface area contributed by atoms with E-state index in [1.165, 1.54) is 5.56 Å². The van der Waals surface area contributed by atoms with Gasteiger partial charge < -0.3 is 4.90 Å². The molecule has 0 saturated carbocycles. The molecule has 1 aliphatic rings. The molecule has 3 aromatic rings. The number of nitrogens with zero attached hydrogens (tertiary/aromatic N) is 3. The Morgan fingerprint density at radius 2 is 1.53 bits per heavy atom. The molecule has 0 spiro atoms. The molecule has 1 aromatic heterocycles. The van der Waals surface area contributed by atoms with Gasteiger partial charge in [0.2, 0.25) is 10.0 Å². The average molecular weight is 442 g/mol. The predicted molar refractivity (Wildman–Crippen MR) is 124 cm³/mol. The lowest BCUT2D eigenvalue weighted by Gasteiger charge is -2.34. The van der Waals surface area contributed by atoms with Crippen LogP contribution in [0.2, 0.25) is 0 Å². The topological polar surface area (TPSA) is 53.5 Å². The van der Waals surface area contributed by atoms with E-state index in [2.05, 4.69) is 29.3 Å². The molecule has 0 aliphatic carbocycles. The molecule has 0 bridgehead atoms. The van der Waals surface area contributed by atoms with E-state index >= 15 is 0 Å². The second kappa shape index (κ2) is 8.13. The fourth-order valence-electron chi connectivity index (χ4n) is 4.22. The smallest absolute Gasteiger partial charge is 0.243 e. The number of benzene rings is 2. The fourth-order valence-corrected chi connectivity index (χ4v) is 6.93. The lowest BCUT2D eigenvalue weighted by atomic mass is 10.1. The lowest BCUT2D eigenvalue weighted by Crippen LogP contribution is -2.48. The summed E-state index contributed by atoms with van der Waals surface area (Å²) in [5, 5.41) is 3.03. The van der Waals surface area contributed by atoms with Gasteiger partial charge in [-0.15, -0.1) is 11.3 Å². The molecule has 5 nitrogen and oxygen atoms in total. The number of anilines is 1. The molecule has 1 aliphatic heterocycles. The van der Waals surface area contributed by atoms with Crippen LogP contribution in [0.4, 0.5) is 5.13 Å². The molecule has 0 atom stereocenters. The van der Waals surface area contributed by atoms with Crippen molar-refractivity contribution in [1.82, 2.24) is 9.29 Å². The molecular formula is C23H27N3O2S2. The van der Waals surface area contributed by atoms with Crippen molar-refractivity contribution >= 4 is 26.5 Å². The molecule has 1 fully saturated rings. The van der Waals surface area contributed by atoms with E-state index < -0.39 is 10.0 Å². The highest BCUT2D eigenvalue weighted by molar-refractivity contribution is 7.89. The second-order valence-corrected chi connectivity index (χ2v) is 10.7. The van der Waals surface area contributed by atoms with Gasteiger partial charge in [-0.2, -0.15) is 4.31 Å². The Balaban J connectivity index is 1.50. The van der Waals surface area contributed by atoms with Crippen LogP contribution in [0.5, 0.6) is 0 Å². The summed E-state index contributed by atoms with van der Waals surface area (Å²) in [6.45, 7) is 10.1. The number of aryl methyl sites for hydroxylation is 4. The van der Waals surface area contributed by atoms with Crippen molar-refractivity contribution in [3.8, 4) is 11.3 Å². The SMILES string of the molecule is Cc1cc(C)c(S(=O)(=O)N2CCN(c3nc(-c4ccccc4C)cs3)CC2)c(C)c1. The Labute approximate surface area is 183 Å². The van der Waals surface area contributed by atoms with Gasteiger partial charge in [-0.05, 0) is 44.4 Å². The number of hydrogen-bond donors (Lipinski definition) is 0. The molecule has 0 radical (unpaired) electrons. The van der Waals surface area contributed by atoms with Gasteiger partial charge in [0.15, 0.2) is 5.13 Å². The van der Waals surface area contributed by atoms with Crippen molar-refractivity contribution in [3.05, 3.63) is 64.0 Å². The molecule has 4 rings (SSSR count). The second-order valence-electron chi connectivity index (χ2n) is 7.95. The third-order valence-electron chi connectivity index (χ3n) is 5.62. The highest BCUT2D eigenvalue weighted by atomic mass is 32.2. The van der Waals surface area contributed by atoms with Gasteiger partial charge in [0.25, 0.3) is 0 Å². The van der Waals surface area contributed by atoms with Crippen LogP contribution in [0.15, 0.2) is 46.7 Å². The van der Waals surface area contributed by atoms with Gasteiger partial charge in [-0.1, -0.05) is 42.0 Å². The molecule has 1 saturated heterocycles. The third-order valence-corrected chi connectivity index (χ3v) is 8.73. The van der Waals surface area contributed by atoms with Gasteiger partial charge in [-0.25, -0.2) is 13.4 Å². The van der Waals surface area contributed by atoms with Crippen molar-refractivity contribution in [2.75, 3.05) is 31.1 Å². The van der Waals surface area contributed by atoms with E-state index in [9.17, 15) is 8.42 Å². The summed E-state index contributed by atoms with van der Waals surface area (Å²) in [6, 6.07) is 12.1. The number of piperazine rings is 1. The van der Waals surface area contributed by atoms with Crippen LogP contribution < -0.4 is 4.90 Å². The van der Waals surface area contributed by atoms with Gasteiger partial charge in [-0.3, -0.25) is 0 Å². The van der Waals surface area contributed by atoms with Crippen LogP contribution in [0.1, 0.15) is 22.3 Å². The summed E-state index contributed by atoms with van der Waals surface area (Å²) >= 11 is 1.62. The van der Waals surface area contributed by atoms with E-state index in [1.54, 1.807) is 15.6 Å². The molecule has 30 heavy (non-hydrogen) atoms. The zero-order valence-corrected chi connectivity index (χ0v) is 19.5. The standard InChI is InChI=1S/C23H27N3O2S2/c1-16-13-18(3)22(19(4)14-16)30(27,28)26-11-9-25(10-12-26)23-24-21(15-29-23)20-8-6-5-7-17(20)2/h5-8,13-15H,9-12H2,1-4H3. The van der Waals surface area contributed by atoms with Crippen LogP contribution in [-0.4, -0.2) is 43.9 Å². The van der Waals surface area contributed by atoms with Crippen molar-refractivity contribution in [1.29, 1.82) is 0 Å². The van der Waals surface area contributed by atoms with E-state index in [1.807, 2.05) is 45.0 Å². The van der Waals surface area contributed by atoms with Gasteiger partial charge >= 0.3 is 0 Å². The molecule has 2 heterocycles.